The molecule has 0 aromatic heterocycles. The van der Waals surface area contributed by atoms with Crippen molar-refractivity contribution in [2.75, 3.05) is 18.0 Å². The fourth-order valence-electron chi connectivity index (χ4n) is 4.03. The number of hydrogen-bond acceptors (Lipinski definition) is 5. The molecule has 2 aromatic carbocycles. The van der Waals surface area contributed by atoms with Crippen LogP contribution in [0.15, 0.2) is 42.5 Å². The van der Waals surface area contributed by atoms with E-state index < -0.39 is 29.5 Å². The van der Waals surface area contributed by atoms with Crippen molar-refractivity contribution in [3.05, 3.63) is 64.4 Å². The first-order valence-corrected chi connectivity index (χ1v) is 9.86. The van der Waals surface area contributed by atoms with Gasteiger partial charge in [0.25, 0.3) is 5.91 Å². The summed E-state index contributed by atoms with van der Waals surface area (Å²) in [6.45, 7) is 0.989. The zero-order chi connectivity index (χ0) is 20.6. The molecule has 2 heterocycles. The van der Waals surface area contributed by atoms with Gasteiger partial charge in [-0.3, -0.25) is 4.79 Å². The van der Waals surface area contributed by atoms with Gasteiger partial charge in [0.05, 0.1) is 22.3 Å². The molecule has 6 nitrogen and oxygen atoms in total. The molecular weight excluding hydrogens is 397 g/mol. The van der Waals surface area contributed by atoms with Crippen LogP contribution < -0.4 is 16.0 Å². The summed E-state index contributed by atoms with van der Waals surface area (Å²) in [5.41, 5.74) is 6.03. The lowest BCUT2D eigenvalue weighted by Gasteiger charge is -2.44. The number of rotatable bonds is 3. The van der Waals surface area contributed by atoms with Crippen LogP contribution in [0.4, 0.5) is 14.9 Å². The molecule has 0 saturated carbocycles. The van der Waals surface area contributed by atoms with Gasteiger partial charge in [0, 0.05) is 6.54 Å². The summed E-state index contributed by atoms with van der Waals surface area (Å²) in [6, 6.07) is 11.1. The second kappa shape index (κ2) is 7.74. The highest BCUT2D eigenvalue weighted by atomic mass is 35.5. The third kappa shape index (κ3) is 3.50. The van der Waals surface area contributed by atoms with E-state index in [9.17, 15) is 9.59 Å². The molecule has 3 N–H and O–H groups in total. The van der Waals surface area contributed by atoms with Crippen LogP contribution in [0.3, 0.4) is 0 Å². The van der Waals surface area contributed by atoms with Gasteiger partial charge in [0.15, 0.2) is 11.4 Å². The normalized spacial score (nSPS) is 22.2. The number of halogens is 2. The van der Waals surface area contributed by atoms with Gasteiger partial charge >= 0.3 is 6.09 Å². The third-order valence-corrected chi connectivity index (χ3v) is 5.71. The van der Waals surface area contributed by atoms with Gasteiger partial charge in [-0.05, 0) is 43.5 Å². The molecule has 2 amide bonds. The van der Waals surface area contributed by atoms with Crippen molar-refractivity contribution in [1.29, 1.82) is 0 Å². The lowest BCUT2D eigenvalue weighted by atomic mass is 9.83. The van der Waals surface area contributed by atoms with E-state index >= 15 is 4.39 Å². The Kier molecular flexibility index (Phi) is 5.29. The van der Waals surface area contributed by atoms with Crippen molar-refractivity contribution in [1.82, 2.24) is 5.32 Å². The van der Waals surface area contributed by atoms with Gasteiger partial charge in [-0.2, -0.15) is 0 Å². The maximum atomic E-state index is 15.1. The van der Waals surface area contributed by atoms with E-state index in [0.29, 0.717) is 12.8 Å². The van der Waals surface area contributed by atoms with Gasteiger partial charge in [0.1, 0.15) is 0 Å². The topological polar surface area (TPSA) is 84.7 Å². The predicted molar refractivity (Wildman–Crippen MR) is 107 cm³/mol. The number of anilines is 1. The zero-order valence-corrected chi connectivity index (χ0v) is 16.4. The number of imide groups is 1. The lowest BCUT2D eigenvalue weighted by Crippen LogP contribution is -2.57. The zero-order valence-electron chi connectivity index (χ0n) is 15.7. The summed E-state index contributed by atoms with van der Waals surface area (Å²) in [4.78, 5) is 26.8. The fraction of sp³-hybridized carbons (Fsp3) is 0.333. The monoisotopic (exact) mass is 417 g/mol. The van der Waals surface area contributed by atoms with Crippen molar-refractivity contribution >= 4 is 29.3 Å². The molecule has 1 spiro atoms. The van der Waals surface area contributed by atoms with Crippen LogP contribution >= 0.6 is 11.6 Å². The Morgan fingerprint density at radius 2 is 2.07 bits per heavy atom. The van der Waals surface area contributed by atoms with E-state index in [2.05, 4.69) is 5.32 Å². The Balaban J connectivity index is 1.73. The summed E-state index contributed by atoms with van der Waals surface area (Å²) in [7, 11) is 0. The van der Waals surface area contributed by atoms with Crippen LogP contribution in [-0.2, 0) is 21.6 Å². The quantitative estimate of drug-likeness (QED) is 0.801. The van der Waals surface area contributed by atoms with E-state index in [1.54, 1.807) is 0 Å². The van der Waals surface area contributed by atoms with Crippen molar-refractivity contribution < 1.29 is 18.7 Å². The highest BCUT2D eigenvalue weighted by Crippen LogP contribution is 2.46. The molecule has 2 aliphatic heterocycles. The Labute approximate surface area is 172 Å². The van der Waals surface area contributed by atoms with Crippen LogP contribution in [-0.4, -0.2) is 31.1 Å². The summed E-state index contributed by atoms with van der Waals surface area (Å²) in [5, 5.41) is 3.05. The fourth-order valence-corrected chi connectivity index (χ4v) is 4.19. The number of fused-ring (bicyclic) bond motifs is 2. The van der Waals surface area contributed by atoms with Gasteiger partial charge < -0.3 is 15.8 Å². The van der Waals surface area contributed by atoms with Crippen molar-refractivity contribution in [3.63, 3.8) is 0 Å². The van der Waals surface area contributed by atoms with Crippen LogP contribution in [0.25, 0.3) is 0 Å². The number of carbonyl (C=O) groups excluding carboxylic acids is 2. The van der Waals surface area contributed by atoms with Gasteiger partial charge in [-0.25, -0.2) is 14.1 Å². The maximum absolute atomic E-state index is 15.1. The van der Waals surface area contributed by atoms with Gasteiger partial charge in [0.2, 0.25) is 0 Å². The molecule has 0 bridgehead atoms. The Morgan fingerprint density at radius 1 is 1.31 bits per heavy atom. The maximum Gasteiger partial charge on any atom is 0.422 e. The van der Waals surface area contributed by atoms with Crippen molar-refractivity contribution in [2.24, 2.45) is 5.73 Å². The van der Waals surface area contributed by atoms with Gasteiger partial charge in [-0.15, -0.1) is 0 Å². The SMILES string of the molecule is N[C@@H](Cc1ccccc1)C(=O)N1C(=O)O[C@]2(CCCNC2)c2c1ccc(Cl)c2F. The van der Waals surface area contributed by atoms with E-state index in [0.717, 1.165) is 17.0 Å². The molecule has 8 heteroatoms. The first-order valence-electron chi connectivity index (χ1n) is 9.48. The first kappa shape index (κ1) is 19.8. The summed E-state index contributed by atoms with van der Waals surface area (Å²) >= 11 is 6.02. The Morgan fingerprint density at radius 3 is 2.76 bits per heavy atom. The number of nitrogens with zero attached hydrogens (tertiary/aromatic N) is 1. The van der Waals surface area contributed by atoms with E-state index in [1.807, 2.05) is 30.3 Å². The standard InChI is InChI=1S/C21H21ClFN3O3/c22-14-7-8-16-17(18(14)23)21(9-4-10-25-12-21)29-20(28)26(16)19(27)15(24)11-13-5-2-1-3-6-13/h1-3,5-8,15,25H,4,9-12,24H2/t15-,21-/m0/s1. The number of nitrogens with two attached hydrogens (primary N) is 1. The molecule has 152 valence electrons. The van der Waals surface area contributed by atoms with Crippen LogP contribution in [0.5, 0.6) is 0 Å². The third-order valence-electron chi connectivity index (χ3n) is 5.42. The largest absolute Gasteiger partial charge is 0.436 e. The van der Waals surface area contributed by atoms with Crippen LogP contribution in [0.2, 0.25) is 5.02 Å². The molecule has 2 aromatic rings. The van der Waals surface area contributed by atoms with E-state index in [4.69, 9.17) is 22.1 Å². The molecule has 4 rings (SSSR count). The second-order valence-corrected chi connectivity index (χ2v) is 7.78. The molecule has 1 saturated heterocycles. The average molecular weight is 418 g/mol. The minimum absolute atomic E-state index is 0.0902. The number of ether oxygens (including phenoxy) is 1. The average Bonchev–Trinajstić information content (AvgIpc) is 2.71. The number of carbonyl (C=O) groups is 2. The highest BCUT2D eigenvalue weighted by Gasteiger charge is 2.50. The number of piperidine rings is 1. The predicted octanol–water partition coefficient (Wildman–Crippen LogP) is 3.11. The Hall–Kier alpha value is -2.48. The Bertz CT molecular complexity index is 948. The summed E-state index contributed by atoms with van der Waals surface area (Å²) < 4.78 is 20.8. The van der Waals surface area contributed by atoms with Crippen LogP contribution in [0.1, 0.15) is 24.0 Å². The molecule has 0 aliphatic carbocycles. The number of hydrogen-bond donors (Lipinski definition) is 2. The summed E-state index contributed by atoms with van der Waals surface area (Å²) in [5.74, 6) is -1.34. The minimum Gasteiger partial charge on any atom is -0.436 e. The molecule has 29 heavy (non-hydrogen) atoms. The van der Waals surface area contributed by atoms with Crippen molar-refractivity contribution in [3.8, 4) is 0 Å². The lowest BCUT2D eigenvalue weighted by molar-refractivity contribution is -0.120. The summed E-state index contributed by atoms with van der Waals surface area (Å²) in [6.07, 6.45) is 0.520. The molecule has 0 unspecified atom stereocenters. The van der Waals surface area contributed by atoms with Crippen molar-refractivity contribution in [2.45, 2.75) is 30.9 Å². The highest BCUT2D eigenvalue weighted by molar-refractivity contribution is 6.31. The smallest absolute Gasteiger partial charge is 0.422 e. The molecule has 1 fully saturated rings. The second-order valence-electron chi connectivity index (χ2n) is 7.37. The number of amides is 2. The number of nitrogens with one attached hydrogen (secondary N) is 1. The minimum atomic E-state index is -1.19. The van der Waals surface area contributed by atoms with Gasteiger partial charge in [-0.1, -0.05) is 41.9 Å². The number of benzene rings is 2. The van der Waals surface area contributed by atoms with E-state index in [-0.39, 0.29) is 29.2 Å². The molecule has 2 aliphatic rings. The molecular formula is C21H21ClFN3O3. The molecule has 0 radical (unpaired) electrons. The van der Waals surface area contributed by atoms with Crippen LogP contribution in [0, 0.1) is 5.82 Å². The molecule has 2 atom stereocenters. The first-order chi connectivity index (χ1) is 13.9. The van der Waals surface area contributed by atoms with E-state index in [1.165, 1.54) is 12.1 Å².